The first-order valence-corrected chi connectivity index (χ1v) is 11.4. The number of aromatic nitrogens is 1. The van der Waals surface area contributed by atoms with Gasteiger partial charge in [-0.3, -0.25) is 10.2 Å². The highest BCUT2D eigenvalue weighted by Gasteiger charge is 2.26. The molecule has 2 aromatic carbocycles. The van der Waals surface area contributed by atoms with Crippen LogP contribution in [0.2, 0.25) is 0 Å². The second-order valence-corrected chi connectivity index (χ2v) is 8.49. The van der Waals surface area contributed by atoms with Crippen LogP contribution in [0.25, 0.3) is 16.6 Å². The van der Waals surface area contributed by atoms with E-state index in [1.807, 2.05) is 28.8 Å². The van der Waals surface area contributed by atoms with E-state index < -0.39 is 11.9 Å². The second-order valence-electron chi connectivity index (χ2n) is 6.62. The van der Waals surface area contributed by atoms with Crippen LogP contribution in [-0.4, -0.2) is 35.4 Å². The predicted octanol–water partition coefficient (Wildman–Crippen LogP) is 5.21. The zero-order valence-electron chi connectivity index (χ0n) is 18.1. The standard InChI is InChI=1S/C22H22BrN3O5S.BrH/c1-4-30-21(28)20-15-9-19(31-12(2)27)16(23)10-17(15)26(18(20)11-32-22(24)25)13-5-7-14(29-3)8-6-13;/h5-10H,4,11H2,1-3H3,(H3,24,25);1H. The molecule has 0 saturated carbocycles. The molecule has 33 heavy (non-hydrogen) atoms. The Morgan fingerprint density at radius 1 is 1.21 bits per heavy atom. The lowest BCUT2D eigenvalue weighted by Crippen LogP contribution is -2.11. The van der Waals surface area contributed by atoms with Crippen molar-refractivity contribution in [2.24, 2.45) is 5.73 Å². The normalized spacial score (nSPS) is 10.4. The summed E-state index contributed by atoms with van der Waals surface area (Å²) in [7, 11) is 1.58. The first kappa shape index (κ1) is 26.7. The van der Waals surface area contributed by atoms with E-state index in [4.69, 9.17) is 25.4 Å². The maximum absolute atomic E-state index is 13.0. The number of hydrogen-bond donors (Lipinski definition) is 2. The molecule has 3 N–H and O–H groups in total. The molecule has 1 aromatic heterocycles. The predicted molar refractivity (Wildman–Crippen MR) is 138 cm³/mol. The summed E-state index contributed by atoms with van der Waals surface area (Å²) in [5, 5.41) is 8.12. The molecule has 0 spiro atoms. The number of esters is 2. The van der Waals surface area contributed by atoms with Crippen molar-refractivity contribution in [3.63, 3.8) is 0 Å². The Morgan fingerprint density at radius 3 is 2.42 bits per heavy atom. The summed E-state index contributed by atoms with van der Waals surface area (Å²) in [6, 6.07) is 10.8. The summed E-state index contributed by atoms with van der Waals surface area (Å²) in [6.07, 6.45) is 0. The Balaban J connectivity index is 0.00000385. The minimum Gasteiger partial charge on any atom is -0.497 e. The lowest BCUT2D eigenvalue weighted by molar-refractivity contribution is -0.131. The Morgan fingerprint density at radius 2 is 1.88 bits per heavy atom. The Kier molecular flexibility index (Phi) is 9.38. The van der Waals surface area contributed by atoms with Gasteiger partial charge in [-0.15, -0.1) is 17.0 Å². The number of ether oxygens (including phenoxy) is 3. The third-order valence-corrected chi connectivity index (χ3v) is 5.90. The van der Waals surface area contributed by atoms with E-state index in [-0.39, 0.29) is 40.3 Å². The zero-order chi connectivity index (χ0) is 23.4. The van der Waals surface area contributed by atoms with Crippen molar-refractivity contribution in [2.45, 2.75) is 19.6 Å². The average molecular weight is 601 g/mol. The highest BCUT2D eigenvalue weighted by atomic mass is 79.9. The van der Waals surface area contributed by atoms with Crippen molar-refractivity contribution in [1.82, 2.24) is 4.57 Å². The first-order valence-electron chi connectivity index (χ1n) is 9.60. The minimum absolute atomic E-state index is 0. The highest BCUT2D eigenvalue weighted by Crippen LogP contribution is 2.38. The quantitative estimate of drug-likeness (QED) is 0.165. The van der Waals surface area contributed by atoms with Crippen LogP contribution in [0.4, 0.5) is 0 Å². The molecule has 0 aliphatic heterocycles. The third kappa shape index (κ3) is 5.90. The number of fused-ring (bicyclic) bond motifs is 1. The molecule has 0 aliphatic carbocycles. The van der Waals surface area contributed by atoms with Gasteiger partial charge >= 0.3 is 11.9 Å². The third-order valence-electron chi connectivity index (χ3n) is 4.55. The molecular formula is C22H23Br2N3O5S. The van der Waals surface area contributed by atoms with Crippen LogP contribution in [0.15, 0.2) is 40.9 Å². The molecule has 3 rings (SSSR count). The van der Waals surface area contributed by atoms with Gasteiger partial charge in [-0.2, -0.15) is 0 Å². The minimum atomic E-state index is -0.514. The Labute approximate surface area is 214 Å². The molecule has 8 nitrogen and oxygen atoms in total. The van der Waals surface area contributed by atoms with E-state index in [1.54, 1.807) is 26.2 Å². The summed E-state index contributed by atoms with van der Waals surface area (Å²) in [5.41, 5.74) is 7.99. The molecular weight excluding hydrogens is 578 g/mol. The maximum atomic E-state index is 13.0. The van der Waals surface area contributed by atoms with Gasteiger partial charge in [0.2, 0.25) is 0 Å². The first-order chi connectivity index (χ1) is 15.3. The summed E-state index contributed by atoms with van der Waals surface area (Å²) in [6.45, 7) is 3.23. The second kappa shape index (κ2) is 11.6. The van der Waals surface area contributed by atoms with Crippen LogP contribution in [0.1, 0.15) is 29.9 Å². The number of nitrogens with one attached hydrogen (secondary N) is 1. The molecule has 0 bridgehead atoms. The number of carbonyl (C=O) groups excluding carboxylic acids is 2. The van der Waals surface area contributed by atoms with Gasteiger partial charge in [0.05, 0.1) is 29.3 Å². The van der Waals surface area contributed by atoms with Crippen molar-refractivity contribution in [3.05, 3.63) is 52.1 Å². The van der Waals surface area contributed by atoms with E-state index in [0.29, 0.717) is 32.4 Å². The summed E-state index contributed by atoms with van der Waals surface area (Å²) < 4.78 is 18.4. The number of rotatable bonds is 7. The van der Waals surface area contributed by atoms with Gasteiger partial charge in [0.1, 0.15) is 11.5 Å². The number of amidine groups is 1. The summed E-state index contributed by atoms with van der Waals surface area (Å²) in [5.74, 6) is 0.233. The number of methoxy groups -OCH3 is 1. The monoisotopic (exact) mass is 599 g/mol. The van der Waals surface area contributed by atoms with Gasteiger partial charge in [0.25, 0.3) is 0 Å². The fourth-order valence-electron chi connectivity index (χ4n) is 3.31. The summed E-state index contributed by atoms with van der Waals surface area (Å²) in [4.78, 5) is 24.6. The molecule has 0 atom stereocenters. The molecule has 0 amide bonds. The van der Waals surface area contributed by atoms with Gasteiger partial charge in [0.15, 0.2) is 5.17 Å². The molecule has 11 heteroatoms. The SMILES string of the molecule is Br.CCOC(=O)c1c(CSC(=N)N)n(-c2ccc(OC)cc2)c2cc(Br)c(OC(C)=O)cc12. The van der Waals surface area contributed by atoms with Crippen LogP contribution in [-0.2, 0) is 15.3 Å². The number of hydrogen-bond acceptors (Lipinski definition) is 7. The van der Waals surface area contributed by atoms with Crippen LogP contribution in [0.3, 0.4) is 0 Å². The molecule has 1 heterocycles. The molecule has 0 fully saturated rings. The molecule has 0 radical (unpaired) electrons. The lowest BCUT2D eigenvalue weighted by atomic mass is 10.1. The average Bonchev–Trinajstić information content (AvgIpc) is 3.05. The van der Waals surface area contributed by atoms with Crippen molar-refractivity contribution in [2.75, 3.05) is 13.7 Å². The number of thioether (sulfide) groups is 1. The molecule has 0 aliphatic rings. The van der Waals surface area contributed by atoms with Gasteiger partial charge in [-0.25, -0.2) is 4.79 Å². The lowest BCUT2D eigenvalue weighted by Gasteiger charge is -2.13. The van der Waals surface area contributed by atoms with Gasteiger partial charge in [-0.05, 0) is 59.3 Å². The number of nitrogens with zero attached hydrogens (tertiary/aromatic N) is 1. The van der Waals surface area contributed by atoms with Gasteiger partial charge < -0.3 is 24.5 Å². The van der Waals surface area contributed by atoms with Crippen LogP contribution in [0.5, 0.6) is 11.5 Å². The van der Waals surface area contributed by atoms with E-state index in [1.165, 1.54) is 6.92 Å². The number of nitrogens with two attached hydrogens (primary N) is 1. The van der Waals surface area contributed by atoms with Crippen molar-refractivity contribution >= 4 is 72.7 Å². The number of carbonyl (C=O) groups is 2. The number of benzene rings is 2. The number of halogens is 2. The van der Waals surface area contributed by atoms with Crippen molar-refractivity contribution in [1.29, 1.82) is 5.41 Å². The molecule has 176 valence electrons. The van der Waals surface area contributed by atoms with E-state index in [0.717, 1.165) is 17.4 Å². The van der Waals surface area contributed by atoms with Gasteiger partial charge in [-0.1, -0.05) is 11.8 Å². The smallest absolute Gasteiger partial charge is 0.340 e. The fraction of sp³-hybridized carbons (Fsp3) is 0.227. The highest BCUT2D eigenvalue weighted by molar-refractivity contribution is 9.10. The summed E-state index contributed by atoms with van der Waals surface area (Å²) >= 11 is 4.55. The molecule has 0 saturated heterocycles. The Hall–Kier alpha value is -2.50. The molecule has 0 unspecified atom stereocenters. The van der Waals surface area contributed by atoms with Gasteiger partial charge in [0, 0.05) is 29.4 Å². The van der Waals surface area contributed by atoms with Crippen LogP contribution >= 0.6 is 44.7 Å². The largest absolute Gasteiger partial charge is 0.497 e. The van der Waals surface area contributed by atoms with E-state index >= 15 is 0 Å². The topological polar surface area (TPSA) is 117 Å². The van der Waals surface area contributed by atoms with Crippen molar-refractivity contribution in [3.8, 4) is 17.2 Å². The van der Waals surface area contributed by atoms with Crippen molar-refractivity contribution < 1.29 is 23.8 Å². The Bertz CT molecular complexity index is 1200. The van der Waals surface area contributed by atoms with Crippen LogP contribution < -0.4 is 15.2 Å². The maximum Gasteiger partial charge on any atom is 0.340 e. The fourth-order valence-corrected chi connectivity index (χ4v) is 4.29. The van der Waals surface area contributed by atoms with E-state index in [2.05, 4.69) is 15.9 Å². The van der Waals surface area contributed by atoms with E-state index in [9.17, 15) is 9.59 Å². The molecule has 3 aromatic rings. The van der Waals surface area contributed by atoms with Crippen LogP contribution in [0, 0.1) is 5.41 Å². The zero-order valence-corrected chi connectivity index (χ0v) is 22.3.